The topological polar surface area (TPSA) is 27.7 Å². The van der Waals surface area contributed by atoms with Gasteiger partial charge in [-0.25, -0.2) is 0 Å². The van der Waals surface area contributed by atoms with Gasteiger partial charge in [0.2, 0.25) is 0 Å². The molecule has 0 aromatic rings. The molecule has 0 aromatic carbocycles. The second-order valence-corrected chi connectivity index (χ2v) is 6.06. The minimum absolute atomic E-state index is 0.182. The second kappa shape index (κ2) is 4.87. The Morgan fingerprint density at radius 2 is 1.94 bits per heavy atom. The predicted molar refractivity (Wildman–Crippen MR) is 67.1 cm³/mol. The number of rotatable bonds is 5. The fourth-order valence-electron chi connectivity index (χ4n) is 3.17. The molecular formula is C14H26O3. The Hall–Kier alpha value is -0.120. The summed E-state index contributed by atoms with van der Waals surface area (Å²) in [5.74, 6) is 0.549. The van der Waals surface area contributed by atoms with Gasteiger partial charge in [0.1, 0.15) is 5.60 Å². The summed E-state index contributed by atoms with van der Waals surface area (Å²) < 4.78 is 18.1. The Morgan fingerprint density at radius 3 is 2.47 bits per heavy atom. The highest BCUT2D eigenvalue weighted by Gasteiger charge is 2.59. The average molecular weight is 242 g/mol. The Balaban J connectivity index is 2.07. The third kappa shape index (κ3) is 2.51. The standard InChI is InChI=1S/C14H26O3/c1-9(2)15-8-14-7-6-12(11(5)17-14)13(14)16-10(3)4/h9-13H,6-8H2,1-5H3/t11-,12?,13+,14-/m0/s1. The Bertz CT molecular complexity index is 264. The van der Waals surface area contributed by atoms with Gasteiger partial charge in [-0.2, -0.15) is 0 Å². The van der Waals surface area contributed by atoms with E-state index in [2.05, 4.69) is 34.6 Å². The number of ether oxygens (including phenoxy) is 3. The third-order valence-electron chi connectivity index (χ3n) is 3.91. The lowest BCUT2D eigenvalue weighted by atomic mass is 9.98. The molecule has 0 N–H and O–H groups in total. The first kappa shape index (κ1) is 13.3. The zero-order valence-corrected chi connectivity index (χ0v) is 11.7. The minimum atomic E-state index is -0.182. The van der Waals surface area contributed by atoms with Gasteiger partial charge in [-0.1, -0.05) is 0 Å². The van der Waals surface area contributed by atoms with E-state index in [0.717, 1.165) is 6.42 Å². The van der Waals surface area contributed by atoms with Crippen molar-refractivity contribution in [3.63, 3.8) is 0 Å². The summed E-state index contributed by atoms with van der Waals surface area (Å²) in [4.78, 5) is 0. The summed E-state index contributed by atoms with van der Waals surface area (Å²) in [7, 11) is 0. The first-order chi connectivity index (χ1) is 7.94. The molecule has 3 heteroatoms. The summed E-state index contributed by atoms with van der Waals surface area (Å²) in [5.41, 5.74) is -0.182. The summed E-state index contributed by atoms with van der Waals surface area (Å²) in [6.45, 7) is 11.2. The lowest BCUT2D eigenvalue weighted by Crippen LogP contribution is -2.44. The number of hydrogen-bond acceptors (Lipinski definition) is 3. The monoisotopic (exact) mass is 242 g/mol. The van der Waals surface area contributed by atoms with Crippen molar-refractivity contribution in [1.29, 1.82) is 0 Å². The van der Waals surface area contributed by atoms with Crippen LogP contribution >= 0.6 is 0 Å². The van der Waals surface area contributed by atoms with E-state index in [1.807, 2.05) is 0 Å². The molecule has 2 fully saturated rings. The van der Waals surface area contributed by atoms with Gasteiger partial charge in [-0.05, 0) is 47.5 Å². The molecule has 1 unspecified atom stereocenters. The van der Waals surface area contributed by atoms with Crippen LogP contribution in [0.2, 0.25) is 0 Å². The van der Waals surface area contributed by atoms with Gasteiger partial charge in [-0.3, -0.25) is 0 Å². The van der Waals surface area contributed by atoms with Gasteiger partial charge in [0.25, 0.3) is 0 Å². The van der Waals surface area contributed by atoms with Crippen molar-refractivity contribution in [2.24, 2.45) is 5.92 Å². The lowest BCUT2D eigenvalue weighted by Gasteiger charge is -2.33. The van der Waals surface area contributed by atoms with Crippen LogP contribution in [0, 0.1) is 5.92 Å². The molecule has 2 aliphatic rings. The van der Waals surface area contributed by atoms with Crippen molar-refractivity contribution in [3.05, 3.63) is 0 Å². The Morgan fingerprint density at radius 1 is 1.24 bits per heavy atom. The molecule has 0 aromatic heterocycles. The van der Waals surface area contributed by atoms with Crippen LogP contribution in [0.25, 0.3) is 0 Å². The Labute approximate surface area is 105 Å². The SMILES string of the molecule is CC(C)OC[C@]12CCC([C@H](C)O1)[C@H]2OC(C)C. The molecule has 0 spiro atoms. The maximum Gasteiger partial charge on any atom is 0.118 e. The highest BCUT2D eigenvalue weighted by atomic mass is 16.6. The molecule has 0 radical (unpaired) electrons. The predicted octanol–water partition coefficient (Wildman–Crippen LogP) is 2.77. The summed E-state index contributed by atoms with van der Waals surface area (Å²) in [6.07, 6.45) is 3.32. The fourth-order valence-corrected chi connectivity index (χ4v) is 3.17. The molecule has 0 amide bonds. The van der Waals surface area contributed by atoms with Crippen molar-refractivity contribution in [1.82, 2.24) is 0 Å². The van der Waals surface area contributed by atoms with Gasteiger partial charge in [0, 0.05) is 5.92 Å². The van der Waals surface area contributed by atoms with Crippen LogP contribution in [0.4, 0.5) is 0 Å². The van der Waals surface area contributed by atoms with Gasteiger partial charge < -0.3 is 14.2 Å². The van der Waals surface area contributed by atoms with E-state index in [1.54, 1.807) is 0 Å². The first-order valence-electron chi connectivity index (χ1n) is 6.89. The van der Waals surface area contributed by atoms with Crippen LogP contribution in [0.3, 0.4) is 0 Å². The van der Waals surface area contributed by atoms with Crippen molar-refractivity contribution in [2.75, 3.05) is 6.61 Å². The summed E-state index contributed by atoms with van der Waals surface area (Å²) >= 11 is 0. The highest BCUT2D eigenvalue weighted by molar-refractivity contribution is 5.08. The van der Waals surface area contributed by atoms with Gasteiger partial charge in [0.05, 0.1) is 31.0 Å². The van der Waals surface area contributed by atoms with Crippen LogP contribution < -0.4 is 0 Å². The van der Waals surface area contributed by atoms with Crippen molar-refractivity contribution >= 4 is 0 Å². The molecule has 1 aliphatic carbocycles. The normalized spacial score (nSPS) is 40.8. The van der Waals surface area contributed by atoms with Crippen LogP contribution in [0.1, 0.15) is 47.5 Å². The van der Waals surface area contributed by atoms with Crippen molar-refractivity contribution in [2.45, 2.75) is 77.5 Å². The molecular weight excluding hydrogens is 216 g/mol. The molecule has 1 saturated carbocycles. The van der Waals surface area contributed by atoms with Gasteiger partial charge in [-0.15, -0.1) is 0 Å². The van der Waals surface area contributed by atoms with E-state index in [9.17, 15) is 0 Å². The molecule has 1 aliphatic heterocycles. The largest absolute Gasteiger partial charge is 0.376 e. The number of hydrogen-bond donors (Lipinski definition) is 0. The second-order valence-electron chi connectivity index (χ2n) is 6.06. The molecule has 1 heterocycles. The highest BCUT2D eigenvalue weighted by Crippen LogP contribution is 2.50. The average Bonchev–Trinajstić information content (AvgIpc) is 2.67. The quantitative estimate of drug-likeness (QED) is 0.742. The van der Waals surface area contributed by atoms with Crippen LogP contribution in [-0.4, -0.2) is 36.6 Å². The van der Waals surface area contributed by atoms with Gasteiger partial charge in [0.15, 0.2) is 0 Å². The van der Waals surface area contributed by atoms with E-state index in [0.29, 0.717) is 18.6 Å². The van der Waals surface area contributed by atoms with Crippen molar-refractivity contribution < 1.29 is 14.2 Å². The molecule has 2 bridgehead atoms. The van der Waals surface area contributed by atoms with E-state index in [1.165, 1.54) is 6.42 Å². The van der Waals surface area contributed by atoms with Crippen LogP contribution in [0.5, 0.6) is 0 Å². The van der Waals surface area contributed by atoms with E-state index in [-0.39, 0.29) is 23.9 Å². The zero-order chi connectivity index (χ0) is 12.6. The summed E-state index contributed by atoms with van der Waals surface area (Å²) in [6, 6.07) is 0. The number of fused-ring (bicyclic) bond motifs is 2. The van der Waals surface area contributed by atoms with E-state index < -0.39 is 0 Å². The lowest BCUT2D eigenvalue weighted by molar-refractivity contribution is -0.152. The maximum atomic E-state index is 6.16. The molecule has 17 heavy (non-hydrogen) atoms. The first-order valence-corrected chi connectivity index (χ1v) is 6.89. The zero-order valence-electron chi connectivity index (χ0n) is 11.7. The van der Waals surface area contributed by atoms with E-state index >= 15 is 0 Å². The molecule has 1 saturated heterocycles. The molecule has 4 atom stereocenters. The molecule has 2 rings (SSSR count). The maximum absolute atomic E-state index is 6.16. The summed E-state index contributed by atoms with van der Waals surface area (Å²) in [5, 5.41) is 0. The Kier molecular flexibility index (Phi) is 3.81. The smallest absolute Gasteiger partial charge is 0.118 e. The molecule has 100 valence electrons. The van der Waals surface area contributed by atoms with Crippen LogP contribution in [-0.2, 0) is 14.2 Å². The fraction of sp³-hybridized carbons (Fsp3) is 1.00. The molecule has 3 nitrogen and oxygen atoms in total. The van der Waals surface area contributed by atoms with Gasteiger partial charge >= 0.3 is 0 Å². The van der Waals surface area contributed by atoms with Crippen LogP contribution in [0.15, 0.2) is 0 Å². The van der Waals surface area contributed by atoms with Crippen molar-refractivity contribution in [3.8, 4) is 0 Å². The minimum Gasteiger partial charge on any atom is -0.376 e. The third-order valence-corrected chi connectivity index (χ3v) is 3.91. The van der Waals surface area contributed by atoms with E-state index in [4.69, 9.17) is 14.2 Å².